The van der Waals surface area contributed by atoms with Crippen LogP contribution in [0.25, 0.3) is 0 Å². The molecule has 17 heavy (non-hydrogen) atoms. The molecular weight excluding hydrogens is 220 g/mol. The molecule has 0 heterocycles. The molecule has 2 saturated carbocycles. The summed E-state index contributed by atoms with van der Waals surface area (Å²) < 4.78 is 5.02. The lowest BCUT2D eigenvalue weighted by Gasteiger charge is -2.41. The second-order valence-corrected chi connectivity index (χ2v) is 5.37. The summed E-state index contributed by atoms with van der Waals surface area (Å²) in [6.07, 6.45) is 3.50. The van der Waals surface area contributed by atoms with E-state index in [2.05, 4.69) is 0 Å². The van der Waals surface area contributed by atoms with Gasteiger partial charge in [-0.1, -0.05) is 0 Å². The van der Waals surface area contributed by atoms with Crippen molar-refractivity contribution in [1.29, 1.82) is 0 Å². The highest BCUT2D eigenvalue weighted by Crippen LogP contribution is 2.50. The lowest BCUT2D eigenvalue weighted by atomic mass is 9.67. The first-order valence-corrected chi connectivity index (χ1v) is 6.63. The fraction of sp³-hybridized carbons (Fsp3) is 0.923. The third kappa shape index (κ3) is 2.20. The predicted octanol–water partition coefficient (Wildman–Crippen LogP) is 1.24. The SMILES string of the molecule is CCOC(=O)C1CCC2(CC1)C(O)CCC2O. The van der Waals surface area contributed by atoms with E-state index in [9.17, 15) is 15.0 Å². The van der Waals surface area contributed by atoms with Gasteiger partial charge in [-0.25, -0.2) is 0 Å². The zero-order valence-corrected chi connectivity index (χ0v) is 10.4. The first-order chi connectivity index (χ1) is 8.10. The highest BCUT2D eigenvalue weighted by atomic mass is 16.5. The molecule has 0 amide bonds. The molecule has 0 radical (unpaired) electrons. The van der Waals surface area contributed by atoms with Gasteiger partial charge in [0.05, 0.1) is 24.7 Å². The number of ether oxygens (including phenoxy) is 1. The molecule has 1 spiro atoms. The molecular formula is C13H22O4. The fourth-order valence-electron chi connectivity index (χ4n) is 3.43. The maximum Gasteiger partial charge on any atom is 0.308 e. The Morgan fingerprint density at radius 2 is 1.71 bits per heavy atom. The molecule has 4 nitrogen and oxygen atoms in total. The Kier molecular flexibility index (Phi) is 3.73. The molecule has 0 aromatic rings. The van der Waals surface area contributed by atoms with Gasteiger partial charge in [0.15, 0.2) is 0 Å². The molecule has 2 rings (SSSR count). The second kappa shape index (κ2) is 4.94. The van der Waals surface area contributed by atoms with Crippen molar-refractivity contribution in [3.8, 4) is 0 Å². The van der Waals surface area contributed by atoms with Gasteiger partial charge in [-0.3, -0.25) is 4.79 Å². The van der Waals surface area contributed by atoms with Crippen molar-refractivity contribution in [3.05, 3.63) is 0 Å². The molecule has 0 bridgehead atoms. The van der Waals surface area contributed by atoms with Crippen LogP contribution >= 0.6 is 0 Å². The summed E-state index contributed by atoms with van der Waals surface area (Å²) in [5.41, 5.74) is -0.344. The van der Waals surface area contributed by atoms with Crippen LogP contribution in [0.4, 0.5) is 0 Å². The monoisotopic (exact) mass is 242 g/mol. The molecule has 2 unspecified atom stereocenters. The van der Waals surface area contributed by atoms with Gasteiger partial charge in [0.25, 0.3) is 0 Å². The van der Waals surface area contributed by atoms with Crippen molar-refractivity contribution in [3.63, 3.8) is 0 Å². The van der Waals surface area contributed by atoms with E-state index in [4.69, 9.17) is 4.74 Å². The number of esters is 1. The minimum Gasteiger partial charge on any atom is -0.466 e. The molecule has 98 valence electrons. The van der Waals surface area contributed by atoms with Crippen LogP contribution in [0.3, 0.4) is 0 Å². The number of rotatable bonds is 2. The van der Waals surface area contributed by atoms with Gasteiger partial charge in [-0.05, 0) is 45.4 Å². The van der Waals surface area contributed by atoms with Crippen LogP contribution in [-0.4, -0.2) is 35.0 Å². The topological polar surface area (TPSA) is 66.8 Å². The van der Waals surface area contributed by atoms with Crippen molar-refractivity contribution in [1.82, 2.24) is 0 Å². The Hall–Kier alpha value is -0.610. The summed E-state index contributed by atoms with van der Waals surface area (Å²) >= 11 is 0. The summed E-state index contributed by atoms with van der Waals surface area (Å²) in [6.45, 7) is 2.23. The lowest BCUT2D eigenvalue weighted by molar-refractivity contribution is -0.152. The van der Waals surface area contributed by atoms with Crippen molar-refractivity contribution in [2.75, 3.05) is 6.61 Å². The molecule has 0 aliphatic heterocycles. The van der Waals surface area contributed by atoms with E-state index in [0.29, 0.717) is 19.4 Å². The Bertz CT molecular complexity index is 269. The minimum absolute atomic E-state index is 0.0411. The highest BCUT2D eigenvalue weighted by molar-refractivity contribution is 5.72. The Morgan fingerprint density at radius 3 is 2.18 bits per heavy atom. The van der Waals surface area contributed by atoms with Crippen molar-refractivity contribution in [2.24, 2.45) is 11.3 Å². The number of carbonyl (C=O) groups is 1. The molecule has 2 N–H and O–H groups in total. The minimum atomic E-state index is -0.402. The van der Waals surface area contributed by atoms with Gasteiger partial charge in [0, 0.05) is 5.41 Å². The molecule has 4 heteroatoms. The molecule has 0 saturated heterocycles. The van der Waals surface area contributed by atoms with E-state index in [1.165, 1.54) is 0 Å². The van der Waals surface area contributed by atoms with Crippen LogP contribution in [0.15, 0.2) is 0 Å². The Balaban J connectivity index is 1.95. The molecule has 0 aromatic heterocycles. The zero-order chi connectivity index (χ0) is 12.5. The maximum atomic E-state index is 11.6. The van der Waals surface area contributed by atoms with Crippen LogP contribution in [0.2, 0.25) is 0 Å². The van der Waals surface area contributed by atoms with Crippen molar-refractivity contribution >= 4 is 5.97 Å². The number of hydrogen-bond donors (Lipinski definition) is 2. The van der Waals surface area contributed by atoms with Gasteiger partial charge in [0.1, 0.15) is 0 Å². The summed E-state index contributed by atoms with van der Waals surface area (Å²) in [6, 6.07) is 0. The molecule has 2 fully saturated rings. The summed E-state index contributed by atoms with van der Waals surface area (Å²) in [5.74, 6) is -0.162. The molecule has 2 atom stereocenters. The molecule has 2 aliphatic rings. The molecule has 2 aliphatic carbocycles. The standard InChI is InChI=1S/C13H22O4/c1-2-17-12(16)9-5-7-13(8-6-9)10(14)3-4-11(13)15/h9-11,14-15H,2-8H2,1H3. The van der Waals surface area contributed by atoms with Gasteiger partial charge < -0.3 is 14.9 Å². The van der Waals surface area contributed by atoms with Gasteiger partial charge in [-0.2, -0.15) is 0 Å². The summed E-state index contributed by atoms with van der Waals surface area (Å²) in [7, 11) is 0. The first kappa shape index (κ1) is 12.8. The smallest absolute Gasteiger partial charge is 0.308 e. The second-order valence-electron chi connectivity index (χ2n) is 5.37. The van der Waals surface area contributed by atoms with E-state index in [0.717, 1.165) is 25.7 Å². The lowest BCUT2D eigenvalue weighted by Crippen LogP contribution is -2.43. The fourth-order valence-corrected chi connectivity index (χ4v) is 3.43. The average molecular weight is 242 g/mol. The third-order valence-corrected chi connectivity index (χ3v) is 4.58. The largest absolute Gasteiger partial charge is 0.466 e. The van der Waals surface area contributed by atoms with Gasteiger partial charge in [-0.15, -0.1) is 0 Å². The van der Waals surface area contributed by atoms with E-state index < -0.39 is 12.2 Å². The van der Waals surface area contributed by atoms with Crippen LogP contribution in [0, 0.1) is 11.3 Å². The van der Waals surface area contributed by atoms with Crippen molar-refractivity contribution in [2.45, 2.75) is 57.7 Å². The number of aliphatic hydroxyl groups is 2. The van der Waals surface area contributed by atoms with Gasteiger partial charge >= 0.3 is 5.97 Å². The van der Waals surface area contributed by atoms with Crippen molar-refractivity contribution < 1.29 is 19.7 Å². The number of aliphatic hydroxyl groups excluding tert-OH is 2. The van der Waals surface area contributed by atoms with Crippen LogP contribution < -0.4 is 0 Å². The maximum absolute atomic E-state index is 11.6. The van der Waals surface area contributed by atoms with E-state index in [1.54, 1.807) is 0 Å². The predicted molar refractivity (Wildman–Crippen MR) is 62.3 cm³/mol. The van der Waals surface area contributed by atoms with Gasteiger partial charge in [0.2, 0.25) is 0 Å². The van der Waals surface area contributed by atoms with Crippen LogP contribution in [0.1, 0.15) is 45.4 Å². The number of hydrogen-bond acceptors (Lipinski definition) is 4. The van der Waals surface area contributed by atoms with Crippen LogP contribution in [-0.2, 0) is 9.53 Å². The van der Waals surface area contributed by atoms with E-state index in [-0.39, 0.29) is 17.3 Å². The van der Waals surface area contributed by atoms with E-state index >= 15 is 0 Å². The summed E-state index contributed by atoms with van der Waals surface area (Å²) in [4.78, 5) is 11.6. The number of carbonyl (C=O) groups excluding carboxylic acids is 1. The molecule has 0 aromatic carbocycles. The Labute approximate surface area is 102 Å². The average Bonchev–Trinajstić information content (AvgIpc) is 2.59. The zero-order valence-electron chi connectivity index (χ0n) is 10.4. The first-order valence-electron chi connectivity index (χ1n) is 6.63. The third-order valence-electron chi connectivity index (χ3n) is 4.58. The van der Waals surface area contributed by atoms with E-state index in [1.807, 2.05) is 6.92 Å². The summed E-state index contributed by atoms with van der Waals surface area (Å²) in [5, 5.41) is 20.1. The highest BCUT2D eigenvalue weighted by Gasteiger charge is 2.51. The Morgan fingerprint density at radius 1 is 1.18 bits per heavy atom. The van der Waals surface area contributed by atoms with Crippen LogP contribution in [0.5, 0.6) is 0 Å². The normalized spacial score (nSPS) is 41.7. The quantitative estimate of drug-likeness (QED) is 0.715.